The molecule has 1 aromatic carbocycles. The maximum atomic E-state index is 5.98. The SMILES string of the molecule is Clc1cc(Cl)cc(NC2CCCCCC2)c1. The molecular weight excluding hydrogens is 241 g/mol. The van der Waals surface area contributed by atoms with Gasteiger partial charge in [-0.25, -0.2) is 0 Å². The summed E-state index contributed by atoms with van der Waals surface area (Å²) in [4.78, 5) is 0. The lowest BCUT2D eigenvalue weighted by atomic mass is 10.1. The van der Waals surface area contributed by atoms with E-state index in [9.17, 15) is 0 Å². The summed E-state index contributed by atoms with van der Waals surface area (Å²) in [6.45, 7) is 0. The molecule has 16 heavy (non-hydrogen) atoms. The fraction of sp³-hybridized carbons (Fsp3) is 0.538. The molecule has 3 heteroatoms. The normalized spacial score (nSPS) is 18.1. The van der Waals surface area contributed by atoms with Crippen LogP contribution in [0.15, 0.2) is 18.2 Å². The van der Waals surface area contributed by atoms with Crippen LogP contribution in [0.1, 0.15) is 38.5 Å². The lowest BCUT2D eigenvalue weighted by molar-refractivity contribution is 0.620. The second-order valence-electron chi connectivity index (χ2n) is 4.49. The van der Waals surface area contributed by atoms with Gasteiger partial charge >= 0.3 is 0 Å². The van der Waals surface area contributed by atoms with Crippen LogP contribution in [0.25, 0.3) is 0 Å². The van der Waals surface area contributed by atoms with Gasteiger partial charge in [-0.05, 0) is 31.0 Å². The summed E-state index contributed by atoms with van der Waals surface area (Å²) < 4.78 is 0. The Morgan fingerprint density at radius 1 is 0.875 bits per heavy atom. The Bertz CT molecular complexity index is 324. The first-order valence-electron chi connectivity index (χ1n) is 5.97. The Balaban J connectivity index is 2.01. The van der Waals surface area contributed by atoms with Crippen LogP contribution in [0.2, 0.25) is 10.0 Å². The number of halogens is 2. The van der Waals surface area contributed by atoms with Crippen molar-refractivity contribution in [1.82, 2.24) is 0 Å². The van der Waals surface area contributed by atoms with Crippen molar-refractivity contribution < 1.29 is 0 Å². The molecule has 0 unspecified atom stereocenters. The van der Waals surface area contributed by atoms with Crippen molar-refractivity contribution in [3.05, 3.63) is 28.2 Å². The molecule has 0 amide bonds. The van der Waals surface area contributed by atoms with Crippen LogP contribution in [0.5, 0.6) is 0 Å². The van der Waals surface area contributed by atoms with E-state index in [0.717, 1.165) is 5.69 Å². The fourth-order valence-corrected chi connectivity index (χ4v) is 2.82. The Morgan fingerprint density at radius 3 is 2.00 bits per heavy atom. The highest BCUT2D eigenvalue weighted by Gasteiger charge is 2.12. The number of rotatable bonds is 2. The topological polar surface area (TPSA) is 12.0 Å². The number of hydrogen-bond acceptors (Lipinski definition) is 1. The average molecular weight is 258 g/mol. The summed E-state index contributed by atoms with van der Waals surface area (Å²) >= 11 is 12.0. The van der Waals surface area contributed by atoms with Crippen molar-refractivity contribution in [2.45, 2.75) is 44.6 Å². The van der Waals surface area contributed by atoms with E-state index >= 15 is 0 Å². The van der Waals surface area contributed by atoms with E-state index in [1.807, 2.05) is 12.1 Å². The van der Waals surface area contributed by atoms with Gasteiger partial charge in [0.2, 0.25) is 0 Å². The molecular formula is C13H17Cl2N. The van der Waals surface area contributed by atoms with Gasteiger partial charge in [-0.15, -0.1) is 0 Å². The van der Waals surface area contributed by atoms with Crippen LogP contribution in [-0.4, -0.2) is 6.04 Å². The molecule has 0 spiro atoms. The molecule has 0 atom stereocenters. The van der Waals surface area contributed by atoms with E-state index in [4.69, 9.17) is 23.2 Å². The Kier molecular flexibility index (Phi) is 4.37. The van der Waals surface area contributed by atoms with E-state index in [2.05, 4.69) is 5.32 Å². The first-order valence-corrected chi connectivity index (χ1v) is 6.72. The summed E-state index contributed by atoms with van der Waals surface area (Å²) in [7, 11) is 0. The van der Waals surface area contributed by atoms with Gasteiger partial charge in [0, 0.05) is 21.8 Å². The summed E-state index contributed by atoms with van der Waals surface area (Å²) in [6, 6.07) is 6.23. The molecule has 1 aromatic rings. The molecule has 0 aliphatic heterocycles. The van der Waals surface area contributed by atoms with Crippen LogP contribution in [0.3, 0.4) is 0 Å². The highest BCUT2D eigenvalue weighted by atomic mass is 35.5. The predicted molar refractivity (Wildman–Crippen MR) is 71.6 cm³/mol. The number of nitrogens with one attached hydrogen (secondary N) is 1. The van der Waals surface area contributed by atoms with Crippen molar-refractivity contribution >= 4 is 28.9 Å². The van der Waals surface area contributed by atoms with Gasteiger partial charge in [-0.2, -0.15) is 0 Å². The minimum atomic E-state index is 0.581. The van der Waals surface area contributed by atoms with E-state index in [-0.39, 0.29) is 0 Å². The zero-order valence-corrected chi connectivity index (χ0v) is 10.8. The van der Waals surface area contributed by atoms with Crippen molar-refractivity contribution in [3.8, 4) is 0 Å². The lowest BCUT2D eigenvalue weighted by Gasteiger charge is -2.18. The predicted octanol–water partition coefficient (Wildman–Crippen LogP) is 5.13. The third-order valence-electron chi connectivity index (χ3n) is 3.09. The van der Waals surface area contributed by atoms with Crippen molar-refractivity contribution in [3.63, 3.8) is 0 Å². The van der Waals surface area contributed by atoms with Crippen LogP contribution in [-0.2, 0) is 0 Å². The van der Waals surface area contributed by atoms with E-state index in [1.54, 1.807) is 6.07 Å². The first kappa shape index (κ1) is 12.1. The molecule has 0 aromatic heterocycles. The summed E-state index contributed by atoms with van der Waals surface area (Å²) in [6.07, 6.45) is 7.90. The zero-order valence-electron chi connectivity index (χ0n) is 9.31. The fourth-order valence-electron chi connectivity index (χ4n) is 2.30. The van der Waals surface area contributed by atoms with Gasteiger partial charge in [-0.1, -0.05) is 48.9 Å². The number of hydrogen-bond donors (Lipinski definition) is 1. The quantitative estimate of drug-likeness (QED) is 0.725. The van der Waals surface area contributed by atoms with Gasteiger partial charge < -0.3 is 5.32 Å². The standard InChI is InChI=1S/C13H17Cl2N/c14-10-7-11(15)9-13(8-10)16-12-5-3-1-2-4-6-12/h7-9,12,16H,1-6H2. The second kappa shape index (κ2) is 5.79. The van der Waals surface area contributed by atoms with Crippen LogP contribution in [0, 0.1) is 0 Å². The smallest absolute Gasteiger partial charge is 0.0441 e. The molecule has 0 heterocycles. The van der Waals surface area contributed by atoms with E-state index < -0.39 is 0 Å². The summed E-state index contributed by atoms with van der Waals surface area (Å²) in [5, 5.41) is 4.93. The molecule has 88 valence electrons. The van der Waals surface area contributed by atoms with Gasteiger partial charge in [-0.3, -0.25) is 0 Å². The molecule has 1 aliphatic rings. The molecule has 2 rings (SSSR count). The number of benzene rings is 1. The largest absolute Gasteiger partial charge is 0.382 e. The molecule has 1 fully saturated rings. The monoisotopic (exact) mass is 257 g/mol. The van der Waals surface area contributed by atoms with Gasteiger partial charge in [0.05, 0.1) is 0 Å². The zero-order chi connectivity index (χ0) is 11.4. The van der Waals surface area contributed by atoms with Crippen molar-refractivity contribution in [2.24, 2.45) is 0 Å². The summed E-state index contributed by atoms with van der Waals surface area (Å²) in [5.41, 5.74) is 1.05. The third kappa shape index (κ3) is 3.57. The van der Waals surface area contributed by atoms with Crippen LogP contribution >= 0.6 is 23.2 Å². The van der Waals surface area contributed by atoms with Gasteiger partial charge in [0.1, 0.15) is 0 Å². The van der Waals surface area contributed by atoms with E-state index in [0.29, 0.717) is 16.1 Å². The van der Waals surface area contributed by atoms with Crippen LogP contribution < -0.4 is 5.32 Å². The number of anilines is 1. The average Bonchev–Trinajstić information content (AvgIpc) is 2.44. The Labute approximate surface area is 107 Å². The van der Waals surface area contributed by atoms with Crippen molar-refractivity contribution in [1.29, 1.82) is 0 Å². The lowest BCUT2D eigenvalue weighted by Crippen LogP contribution is -2.18. The minimum Gasteiger partial charge on any atom is -0.382 e. The van der Waals surface area contributed by atoms with Crippen molar-refractivity contribution in [2.75, 3.05) is 5.32 Å². The molecule has 1 nitrogen and oxygen atoms in total. The molecule has 0 bridgehead atoms. The van der Waals surface area contributed by atoms with Gasteiger partial charge in [0.25, 0.3) is 0 Å². The van der Waals surface area contributed by atoms with Gasteiger partial charge in [0.15, 0.2) is 0 Å². The molecule has 0 saturated heterocycles. The molecule has 1 N–H and O–H groups in total. The maximum absolute atomic E-state index is 5.98. The molecule has 1 aliphatic carbocycles. The Hall–Kier alpha value is -0.400. The maximum Gasteiger partial charge on any atom is 0.0441 e. The highest BCUT2D eigenvalue weighted by Crippen LogP contribution is 2.26. The minimum absolute atomic E-state index is 0.581. The van der Waals surface area contributed by atoms with E-state index in [1.165, 1.54) is 38.5 Å². The second-order valence-corrected chi connectivity index (χ2v) is 5.36. The third-order valence-corrected chi connectivity index (χ3v) is 3.52. The molecule has 1 saturated carbocycles. The summed E-state index contributed by atoms with van der Waals surface area (Å²) in [5.74, 6) is 0. The van der Waals surface area contributed by atoms with Crippen LogP contribution in [0.4, 0.5) is 5.69 Å². The Morgan fingerprint density at radius 2 is 1.44 bits per heavy atom. The first-order chi connectivity index (χ1) is 7.74. The highest BCUT2D eigenvalue weighted by molar-refractivity contribution is 6.35. The molecule has 0 radical (unpaired) electrons.